The van der Waals surface area contributed by atoms with Crippen LogP contribution in [-0.4, -0.2) is 53.6 Å². The zero-order valence-corrected chi connectivity index (χ0v) is 12.7. The highest BCUT2D eigenvalue weighted by Gasteiger charge is 2.25. The summed E-state index contributed by atoms with van der Waals surface area (Å²) in [6, 6.07) is 3.57. The van der Waals surface area contributed by atoms with Crippen molar-refractivity contribution in [3.8, 4) is 0 Å². The molecule has 3 heterocycles. The summed E-state index contributed by atoms with van der Waals surface area (Å²) < 4.78 is 0. The largest absolute Gasteiger partial charge is 0.366 e. The molecule has 2 aliphatic heterocycles. The van der Waals surface area contributed by atoms with Crippen molar-refractivity contribution in [2.24, 2.45) is 5.92 Å². The molecule has 0 aromatic carbocycles. The molecule has 7 nitrogen and oxygen atoms in total. The Balaban J connectivity index is 1.47. The van der Waals surface area contributed by atoms with E-state index < -0.39 is 4.92 Å². The lowest BCUT2D eigenvalue weighted by molar-refractivity contribution is -0.385. The van der Waals surface area contributed by atoms with Gasteiger partial charge in [0, 0.05) is 31.7 Å². The summed E-state index contributed by atoms with van der Waals surface area (Å²) in [5.41, 5.74) is 0.0320. The third-order valence-electron chi connectivity index (χ3n) is 4.56. The van der Waals surface area contributed by atoms with Gasteiger partial charge >= 0.3 is 0 Å². The molecule has 0 spiro atoms. The van der Waals surface area contributed by atoms with Gasteiger partial charge in [0.05, 0.1) is 4.92 Å². The van der Waals surface area contributed by atoms with Crippen LogP contribution in [0.1, 0.15) is 19.3 Å². The first kappa shape index (κ1) is 15.2. The summed E-state index contributed by atoms with van der Waals surface area (Å²) in [4.78, 5) is 16.9. The number of rotatable bonds is 5. The third-order valence-corrected chi connectivity index (χ3v) is 4.56. The van der Waals surface area contributed by atoms with Crippen molar-refractivity contribution in [1.82, 2.24) is 15.2 Å². The van der Waals surface area contributed by atoms with Crippen LogP contribution in [0.15, 0.2) is 18.3 Å². The Morgan fingerprint density at radius 1 is 1.36 bits per heavy atom. The Morgan fingerprint density at radius 2 is 2.18 bits per heavy atom. The first-order valence-electron chi connectivity index (χ1n) is 8.01. The second kappa shape index (κ2) is 7.02. The predicted molar refractivity (Wildman–Crippen MR) is 85.0 cm³/mol. The maximum absolute atomic E-state index is 10.6. The van der Waals surface area contributed by atoms with E-state index in [0.29, 0.717) is 6.04 Å². The van der Waals surface area contributed by atoms with Crippen LogP contribution in [0, 0.1) is 16.0 Å². The van der Waals surface area contributed by atoms with Crippen LogP contribution in [-0.2, 0) is 0 Å². The molecule has 1 aromatic heterocycles. The van der Waals surface area contributed by atoms with Gasteiger partial charge in [-0.05, 0) is 44.3 Å². The SMILES string of the molecule is O=[N+]([O-])c1ccc(NC2CCN(CC3CCNCC3)C2)nc1. The fourth-order valence-electron chi connectivity index (χ4n) is 3.33. The zero-order chi connectivity index (χ0) is 15.4. The number of nitrogens with one attached hydrogen (secondary N) is 2. The molecule has 0 saturated carbocycles. The summed E-state index contributed by atoms with van der Waals surface area (Å²) >= 11 is 0. The highest BCUT2D eigenvalue weighted by Crippen LogP contribution is 2.20. The normalized spacial score (nSPS) is 23.5. The Labute approximate surface area is 130 Å². The van der Waals surface area contributed by atoms with E-state index >= 15 is 0 Å². The third kappa shape index (κ3) is 3.92. The minimum Gasteiger partial charge on any atom is -0.366 e. The van der Waals surface area contributed by atoms with E-state index in [-0.39, 0.29) is 5.69 Å². The van der Waals surface area contributed by atoms with Crippen molar-refractivity contribution in [3.63, 3.8) is 0 Å². The lowest BCUT2D eigenvalue weighted by Gasteiger charge is -2.27. The number of anilines is 1. The first-order valence-corrected chi connectivity index (χ1v) is 8.01. The van der Waals surface area contributed by atoms with Crippen LogP contribution < -0.4 is 10.6 Å². The number of aromatic nitrogens is 1. The number of pyridine rings is 1. The minimum atomic E-state index is -0.423. The van der Waals surface area contributed by atoms with E-state index in [2.05, 4.69) is 20.5 Å². The van der Waals surface area contributed by atoms with Gasteiger partial charge < -0.3 is 15.5 Å². The van der Waals surface area contributed by atoms with E-state index in [1.165, 1.54) is 31.6 Å². The monoisotopic (exact) mass is 305 g/mol. The van der Waals surface area contributed by atoms with Gasteiger partial charge in [0.1, 0.15) is 12.0 Å². The first-order chi connectivity index (χ1) is 10.7. The topological polar surface area (TPSA) is 83.3 Å². The summed E-state index contributed by atoms with van der Waals surface area (Å²) in [5, 5.41) is 17.4. The number of hydrogen-bond donors (Lipinski definition) is 2. The lowest BCUT2D eigenvalue weighted by atomic mass is 9.98. The van der Waals surface area contributed by atoms with Crippen LogP contribution in [0.3, 0.4) is 0 Å². The molecule has 2 aliphatic rings. The smallest absolute Gasteiger partial charge is 0.287 e. The highest BCUT2D eigenvalue weighted by molar-refractivity contribution is 5.41. The average Bonchev–Trinajstić information content (AvgIpc) is 2.96. The van der Waals surface area contributed by atoms with Gasteiger partial charge in [-0.2, -0.15) is 0 Å². The van der Waals surface area contributed by atoms with Crippen molar-refractivity contribution in [1.29, 1.82) is 0 Å². The van der Waals surface area contributed by atoms with Gasteiger partial charge in [0.2, 0.25) is 0 Å². The molecule has 2 N–H and O–H groups in total. The minimum absolute atomic E-state index is 0.0320. The summed E-state index contributed by atoms with van der Waals surface area (Å²) in [6.07, 6.45) is 4.96. The molecule has 0 radical (unpaired) electrons. The van der Waals surface area contributed by atoms with Crippen LogP contribution in [0.25, 0.3) is 0 Å². The second-order valence-corrected chi connectivity index (χ2v) is 6.24. The second-order valence-electron chi connectivity index (χ2n) is 6.24. The molecule has 2 saturated heterocycles. The fraction of sp³-hybridized carbons (Fsp3) is 0.667. The molecule has 3 rings (SSSR count). The van der Waals surface area contributed by atoms with Gasteiger partial charge in [-0.15, -0.1) is 0 Å². The maximum atomic E-state index is 10.6. The molecule has 0 aliphatic carbocycles. The molecule has 2 fully saturated rings. The molecular formula is C15H23N5O2. The van der Waals surface area contributed by atoms with Crippen molar-refractivity contribution < 1.29 is 4.92 Å². The van der Waals surface area contributed by atoms with Crippen molar-refractivity contribution in [2.45, 2.75) is 25.3 Å². The van der Waals surface area contributed by atoms with Gasteiger partial charge in [0.25, 0.3) is 5.69 Å². The number of likely N-dealkylation sites (tertiary alicyclic amines) is 1. The number of nitro groups is 1. The quantitative estimate of drug-likeness (QED) is 0.633. The molecule has 7 heteroatoms. The van der Waals surface area contributed by atoms with Gasteiger partial charge in [-0.3, -0.25) is 10.1 Å². The van der Waals surface area contributed by atoms with E-state index in [1.807, 2.05) is 0 Å². The van der Waals surface area contributed by atoms with E-state index in [9.17, 15) is 10.1 Å². The average molecular weight is 305 g/mol. The van der Waals surface area contributed by atoms with Crippen LogP contribution >= 0.6 is 0 Å². The van der Waals surface area contributed by atoms with E-state index in [0.717, 1.165) is 44.3 Å². The Kier molecular flexibility index (Phi) is 4.84. The van der Waals surface area contributed by atoms with Gasteiger partial charge in [-0.1, -0.05) is 0 Å². The maximum Gasteiger partial charge on any atom is 0.287 e. The van der Waals surface area contributed by atoms with Crippen molar-refractivity contribution >= 4 is 11.5 Å². The fourth-order valence-corrected chi connectivity index (χ4v) is 3.33. The summed E-state index contributed by atoms with van der Waals surface area (Å²) in [5.74, 6) is 1.54. The van der Waals surface area contributed by atoms with Gasteiger partial charge in [-0.25, -0.2) is 4.98 Å². The van der Waals surface area contributed by atoms with E-state index in [4.69, 9.17) is 0 Å². The zero-order valence-electron chi connectivity index (χ0n) is 12.7. The molecule has 1 aromatic rings. The van der Waals surface area contributed by atoms with Crippen LogP contribution in [0.5, 0.6) is 0 Å². The Bertz CT molecular complexity index is 501. The summed E-state index contributed by atoms with van der Waals surface area (Å²) in [7, 11) is 0. The van der Waals surface area contributed by atoms with Crippen LogP contribution in [0.2, 0.25) is 0 Å². The number of nitrogens with zero attached hydrogens (tertiary/aromatic N) is 3. The van der Waals surface area contributed by atoms with Crippen LogP contribution in [0.4, 0.5) is 11.5 Å². The Hall–Kier alpha value is -1.73. The molecule has 1 unspecified atom stereocenters. The number of hydrogen-bond acceptors (Lipinski definition) is 6. The van der Waals surface area contributed by atoms with Gasteiger partial charge in [0.15, 0.2) is 0 Å². The standard InChI is InChI=1S/C15H23N5O2/c21-20(22)14-1-2-15(17-9-14)18-13-5-8-19(11-13)10-12-3-6-16-7-4-12/h1-2,9,12-13,16H,3-8,10-11H2,(H,17,18). The predicted octanol–water partition coefficient (Wildman–Crippen LogP) is 1.48. The lowest BCUT2D eigenvalue weighted by Crippen LogP contribution is -2.36. The highest BCUT2D eigenvalue weighted by atomic mass is 16.6. The molecule has 1 atom stereocenters. The molecular weight excluding hydrogens is 282 g/mol. The molecule has 22 heavy (non-hydrogen) atoms. The van der Waals surface area contributed by atoms with Crippen molar-refractivity contribution in [3.05, 3.63) is 28.4 Å². The van der Waals surface area contributed by atoms with Crippen molar-refractivity contribution in [2.75, 3.05) is 38.0 Å². The molecule has 0 bridgehead atoms. The molecule has 120 valence electrons. The van der Waals surface area contributed by atoms with E-state index in [1.54, 1.807) is 6.07 Å². The summed E-state index contributed by atoms with van der Waals surface area (Å²) in [6.45, 7) is 5.63. The number of piperidine rings is 1. The Morgan fingerprint density at radius 3 is 2.86 bits per heavy atom. The molecule has 0 amide bonds.